The zero-order chi connectivity index (χ0) is 11.1. The third-order valence-corrected chi connectivity index (χ3v) is 3.17. The van der Waals surface area contributed by atoms with Gasteiger partial charge in [0.05, 0.1) is 0 Å². The molecule has 84 valence electrons. The third-order valence-electron chi connectivity index (χ3n) is 3.17. The van der Waals surface area contributed by atoms with Crippen molar-refractivity contribution < 1.29 is 0 Å². The highest BCUT2D eigenvalue weighted by atomic mass is 14.2. The molecule has 0 aliphatic rings. The molecular weight excluding hydrogens is 168 g/mol. The molecule has 2 unspecified atom stereocenters. The van der Waals surface area contributed by atoms with Gasteiger partial charge in [-0.15, -0.1) is 0 Å². The van der Waals surface area contributed by atoms with Crippen LogP contribution >= 0.6 is 0 Å². The first-order chi connectivity index (χ1) is 6.51. The average Bonchev–Trinajstić information content (AvgIpc) is 2.14. The summed E-state index contributed by atoms with van der Waals surface area (Å²) >= 11 is 0. The van der Waals surface area contributed by atoms with Gasteiger partial charge in [-0.25, -0.2) is 0 Å². The highest BCUT2D eigenvalue weighted by molar-refractivity contribution is 5.00. The van der Waals surface area contributed by atoms with Crippen LogP contribution in [0.3, 0.4) is 0 Å². The molecule has 2 atom stereocenters. The van der Waals surface area contributed by atoms with E-state index in [1.54, 1.807) is 0 Å². The minimum atomic E-state index is 0.759. The predicted octanol–water partition coefficient (Wildman–Crippen LogP) is 5.05. The Labute approximate surface area is 90.8 Å². The van der Waals surface area contributed by atoms with Gasteiger partial charge in [-0.2, -0.15) is 0 Å². The number of hydrogen-bond donors (Lipinski definition) is 0. The van der Waals surface area contributed by atoms with Crippen molar-refractivity contribution in [1.82, 2.24) is 0 Å². The lowest BCUT2D eigenvalue weighted by molar-refractivity contribution is 0.361. The molecule has 0 amide bonds. The average molecular weight is 196 g/mol. The van der Waals surface area contributed by atoms with Crippen LogP contribution in [0.2, 0.25) is 0 Å². The smallest absolute Gasteiger partial charge is 0.0201 e. The van der Waals surface area contributed by atoms with Gasteiger partial charge in [-0.05, 0) is 37.0 Å². The molecule has 0 saturated heterocycles. The van der Waals surface area contributed by atoms with Gasteiger partial charge in [0, 0.05) is 0 Å². The topological polar surface area (TPSA) is 0 Å². The first-order valence-electron chi connectivity index (χ1n) is 6.18. The van der Waals surface area contributed by atoms with Crippen LogP contribution in [0.4, 0.5) is 0 Å². The molecule has 0 aliphatic carbocycles. The van der Waals surface area contributed by atoms with E-state index in [9.17, 15) is 0 Å². The summed E-state index contributed by atoms with van der Waals surface area (Å²) in [5.74, 6) is 2.41. The van der Waals surface area contributed by atoms with Crippen molar-refractivity contribution in [3.05, 3.63) is 12.2 Å². The zero-order valence-corrected chi connectivity index (χ0v) is 10.8. The number of allylic oxidation sites excluding steroid dienone is 1. The molecular formula is C14H28. The van der Waals surface area contributed by atoms with Crippen molar-refractivity contribution in [2.45, 2.75) is 60.3 Å². The fourth-order valence-corrected chi connectivity index (χ4v) is 1.94. The molecule has 0 fully saturated rings. The molecule has 0 saturated carbocycles. The lowest BCUT2D eigenvalue weighted by Crippen LogP contribution is -2.11. The van der Waals surface area contributed by atoms with Crippen LogP contribution in [0.1, 0.15) is 60.3 Å². The summed E-state index contributed by atoms with van der Waals surface area (Å²) in [6.45, 7) is 15.7. The zero-order valence-electron chi connectivity index (χ0n) is 10.8. The van der Waals surface area contributed by atoms with Crippen LogP contribution in [0.15, 0.2) is 12.2 Å². The van der Waals surface area contributed by atoms with Gasteiger partial charge in [-0.1, -0.05) is 53.2 Å². The number of rotatable bonds is 7. The van der Waals surface area contributed by atoms with Gasteiger partial charge in [0.2, 0.25) is 0 Å². The van der Waals surface area contributed by atoms with Crippen LogP contribution < -0.4 is 0 Å². The second kappa shape index (κ2) is 7.09. The van der Waals surface area contributed by atoms with Gasteiger partial charge in [0.25, 0.3) is 0 Å². The van der Waals surface area contributed by atoms with Gasteiger partial charge < -0.3 is 0 Å². The molecule has 0 aromatic rings. The van der Waals surface area contributed by atoms with Crippen LogP contribution in [0.25, 0.3) is 0 Å². The van der Waals surface area contributed by atoms with E-state index in [1.165, 1.54) is 24.8 Å². The summed E-state index contributed by atoms with van der Waals surface area (Å²) in [6.07, 6.45) is 5.10. The van der Waals surface area contributed by atoms with E-state index in [0.717, 1.165) is 24.2 Å². The fourth-order valence-electron chi connectivity index (χ4n) is 1.94. The van der Waals surface area contributed by atoms with E-state index in [1.807, 2.05) is 0 Å². The summed E-state index contributed by atoms with van der Waals surface area (Å²) < 4.78 is 0. The van der Waals surface area contributed by atoms with Crippen molar-refractivity contribution in [3.63, 3.8) is 0 Å². The summed E-state index contributed by atoms with van der Waals surface area (Å²) in [7, 11) is 0. The Morgan fingerprint density at radius 1 is 1.07 bits per heavy atom. The highest BCUT2D eigenvalue weighted by Crippen LogP contribution is 2.28. The molecule has 0 N–H and O–H groups in total. The molecule has 0 aromatic heterocycles. The lowest BCUT2D eigenvalue weighted by Gasteiger charge is -2.23. The first-order valence-corrected chi connectivity index (χ1v) is 6.18. The Kier molecular flexibility index (Phi) is 6.96. The molecule has 0 bridgehead atoms. The maximum Gasteiger partial charge on any atom is -0.0201 e. The van der Waals surface area contributed by atoms with Crippen LogP contribution in [0, 0.1) is 17.8 Å². The lowest BCUT2D eigenvalue weighted by atomic mass is 9.82. The van der Waals surface area contributed by atoms with Crippen LogP contribution in [0.5, 0.6) is 0 Å². The van der Waals surface area contributed by atoms with E-state index in [0.29, 0.717) is 0 Å². The molecule has 0 rings (SSSR count). The monoisotopic (exact) mass is 196 g/mol. The predicted molar refractivity (Wildman–Crippen MR) is 66.4 cm³/mol. The molecule has 0 aromatic carbocycles. The highest BCUT2D eigenvalue weighted by Gasteiger charge is 2.15. The summed E-state index contributed by atoms with van der Waals surface area (Å²) in [5.41, 5.74) is 1.46. The van der Waals surface area contributed by atoms with Gasteiger partial charge in [0.15, 0.2) is 0 Å². The van der Waals surface area contributed by atoms with Gasteiger partial charge in [0.1, 0.15) is 0 Å². The molecule has 0 nitrogen and oxygen atoms in total. The van der Waals surface area contributed by atoms with E-state index in [4.69, 9.17) is 0 Å². The van der Waals surface area contributed by atoms with E-state index in [2.05, 4.69) is 41.2 Å². The van der Waals surface area contributed by atoms with Crippen LogP contribution in [-0.2, 0) is 0 Å². The molecule has 0 spiro atoms. The first kappa shape index (κ1) is 13.7. The fraction of sp³-hybridized carbons (Fsp3) is 0.857. The SMILES string of the molecule is C=C(CC)C(CC(C)C)CC(C)CC. The standard InChI is InChI=1S/C14H28/c1-7-12(5)10-14(9-11(3)4)13(6)8-2/h11-12,14H,6-10H2,1-5H3. The minimum Gasteiger partial charge on any atom is -0.0996 e. The second-order valence-electron chi connectivity index (χ2n) is 5.09. The number of hydrogen-bond acceptors (Lipinski definition) is 0. The Balaban J connectivity index is 4.17. The second-order valence-corrected chi connectivity index (χ2v) is 5.09. The van der Waals surface area contributed by atoms with Crippen molar-refractivity contribution in [3.8, 4) is 0 Å². The van der Waals surface area contributed by atoms with Gasteiger partial charge in [-0.3, -0.25) is 0 Å². The van der Waals surface area contributed by atoms with E-state index < -0.39 is 0 Å². The largest absolute Gasteiger partial charge is 0.0996 e. The van der Waals surface area contributed by atoms with Crippen molar-refractivity contribution >= 4 is 0 Å². The Morgan fingerprint density at radius 2 is 1.64 bits per heavy atom. The Morgan fingerprint density at radius 3 is 2.00 bits per heavy atom. The van der Waals surface area contributed by atoms with Crippen molar-refractivity contribution in [1.29, 1.82) is 0 Å². The van der Waals surface area contributed by atoms with E-state index >= 15 is 0 Å². The van der Waals surface area contributed by atoms with Crippen LogP contribution in [-0.4, -0.2) is 0 Å². The Hall–Kier alpha value is -0.260. The molecule has 14 heavy (non-hydrogen) atoms. The molecule has 0 heteroatoms. The summed E-state index contributed by atoms with van der Waals surface area (Å²) in [5, 5.41) is 0. The third kappa shape index (κ3) is 5.47. The quantitative estimate of drug-likeness (QED) is 0.500. The van der Waals surface area contributed by atoms with Gasteiger partial charge >= 0.3 is 0 Å². The molecule has 0 radical (unpaired) electrons. The minimum absolute atomic E-state index is 0.759. The maximum atomic E-state index is 4.21. The normalized spacial score (nSPS) is 15.6. The maximum absolute atomic E-state index is 4.21. The van der Waals surface area contributed by atoms with E-state index in [-0.39, 0.29) is 0 Å². The molecule has 0 heterocycles. The Bertz CT molecular complexity index is 155. The summed E-state index contributed by atoms with van der Waals surface area (Å²) in [6, 6.07) is 0. The van der Waals surface area contributed by atoms with Crippen molar-refractivity contribution in [2.75, 3.05) is 0 Å². The summed E-state index contributed by atoms with van der Waals surface area (Å²) in [4.78, 5) is 0. The van der Waals surface area contributed by atoms with Crippen molar-refractivity contribution in [2.24, 2.45) is 17.8 Å². The molecule has 0 aliphatic heterocycles.